The number of aliphatic hydroxyl groups is 1. The average Bonchev–Trinajstić information content (AvgIpc) is 2.77. The Hall–Kier alpha value is -1.46. The summed E-state index contributed by atoms with van der Waals surface area (Å²) >= 11 is 1.37. The Bertz CT molecular complexity index is 498. The Balaban J connectivity index is 2.37. The number of thiazole rings is 1. The van der Waals surface area contributed by atoms with Crippen LogP contribution in [-0.4, -0.2) is 17.2 Å². The Kier molecular flexibility index (Phi) is 3.17. The Labute approximate surface area is 96.2 Å². The molecule has 0 aliphatic rings. The van der Waals surface area contributed by atoms with Crippen LogP contribution in [0.4, 0.5) is 4.39 Å². The molecule has 0 spiro atoms. The number of hydrogen-bond acceptors (Lipinski definition) is 4. The van der Waals surface area contributed by atoms with Gasteiger partial charge in [-0.25, -0.2) is 9.37 Å². The molecule has 5 heteroatoms. The predicted molar refractivity (Wildman–Crippen MR) is 60.0 cm³/mol. The molecule has 1 aromatic heterocycles. The molecule has 1 aromatic carbocycles. The van der Waals surface area contributed by atoms with Crippen LogP contribution in [0, 0.1) is 5.82 Å². The predicted octanol–water partition coefficient (Wildman–Crippen LogP) is 2.45. The van der Waals surface area contributed by atoms with E-state index in [0.29, 0.717) is 16.3 Å². The number of nitrogens with zero attached hydrogens (tertiary/aromatic N) is 1. The number of ether oxygens (including phenoxy) is 1. The van der Waals surface area contributed by atoms with Gasteiger partial charge in [-0.2, -0.15) is 0 Å². The van der Waals surface area contributed by atoms with Gasteiger partial charge in [-0.15, -0.1) is 11.3 Å². The molecule has 0 atom stereocenters. The van der Waals surface area contributed by atoms with E-state index in [1.54, 1.807) is 17.5 Å². The second-order valence-corrected chi connectivity index (χ2v) is 4.01. The molecule has 2 aromatic rings. The van der Waals surface area contributed by atoms with Crippen molar-refractivity contribution in [2.45, 2.75) is 6.61 Å². The molecule has 0 amide bonds. The molecular weight excluding hydrogens is 229 g/mol. The van der Waals surface area contributed by atoms with Gasteiger partial charge in [0.05, 0.1) is 19.4 Å². The summed E-state index contributed by atoms with van der Waals surface area (Å²) in [5, 5.41) is 11.3. The second kappa shape index (κ2) is 4.59. The molecule has 1 N–H and O–H groups in total. The van der Waals surface area contributed by atoms with E-state index >= 15 is 0 Å². The highest BCUT2D eigenvalue weighted by atomic mass is 32.1. The normalized spacial score (nSPS) is 10.4. The van der Waals surface area contributed by atoms with Crippen molar-refractivity contribution in [2.75, 3.05) is 7.11 Å². The monoisotopic (exact) mass is 239 g/mol. The molecular formula is C11H10FNO2S. The molecule has 0 saturated heterocycles. The van der Waals surface area contributed by atoms with Gasteiger partial charge in [0.1, 0.15) is 5.01 Å². The van der Waals surface area contributed by atoms with Crippen LogP contribution in [0.2, 0.25) is 0 Å². The lowest BCUT2D eigenvalue weighted by molar-refractivity contribution is 0.278. The van der Waals surface area contributed by atoms with Gasteiger partial charge in [0.15, 0.2) is 11.6 Å². The lowest BCUT2D eigenvalue weighted by atomic mass is 10.2. The van der Waals surface area contributed by atoms with E-state index in [2.05, 4.69) is 4.98 Å². The summed E-state index contributed by atoms with van der Waals surface area (Å²) in [6, 6.07) is 4.67. The minimum Gasteiger partial charge on any atom is -0.494 e. The zero-order valence-corrected chi connectivity index (χ0v) is 9.42. The van der Waals surface area contributed by atoms with Crippen LogP contribution in [-0.2, 0) is 6.61 Å². The Morgan fingerprint density at radius 1 is 1.50 bits per heavy atom. The van der Waals surface area contributed by atoms with Crippen molar-refractivity contribution >= 4 is 11.3 Å². The van der Waals surface area contributed by atoms with Crippen molar-refractivity contribution in [1.29, 1.82) is 0 Å². The minimum absolute atomic E-state index is 0.102. The molecule has 0 bridgehead atoms. The number of hydrogen-bond donors (Lipinski definition) is 1. The zero-order chi connectivity index (χ0) is 11.5. The van der Waals surface area contributed by atoms with Gasteiger partial charge >= 0.3 is 0 Å². The van der Waals surface area contributed by atoms with Crippen LogP contribution in [0.25, 0.3) is 10.6 Å². The van der Waals surface area contributed by atoms with Gasteiger partial charge < -0.3 is 9.84 Å². The molecule has 0 fully saturated rings. The van der Waals surface area contributed by atoms with Gasteiger partial charge in [0, 0.05) is 10.9 Å². The quantitative estimate of drug-likeness (QED) is 0.894. The first-order valence-corrected chi connectivity index (χ1v) is 5.51. The second-order valence-electron chi connectivity index (χ2n) is 3.15. The van der Waals surface area contributed by atoms with Gasteiger partial charge in [-0.05, 0) is 18.2 Å². The highest BCUT2D eigenvalue weighted by molar-refractivity contribution is 7.13. The van der Waals surface area contributed by atoms with E-state index in [1.807, 2.05) is 0 Å². The molecule has 0 saturated carbocycles. The van der Waals surface area contributed by atoms with Crippen LogP contribution < -0.4 is 4.74 Å². The van der Waals surface area contributed by atoms with Gasteiger partial charge in [-0.1, -0.05) is 0 Å². The summed E-state index contributed by atoms with van der Waals surface area (Å²) in [5.41, 5.74) is 1.28. The van der Waals surface area contributed by atoms with Crippen molar-refractivity contribution in [1.82, 2.24) is 4.98 Å². The molecule has 84 valence electrons. The highest BCUT2D eigenvalue weighted by Gasteiger charge is 2.08. The van der Waals surface area contributed by atoms with Crippen molar-refractivity contribution in [3.63, 3.8) is 0 Å². The van der Waals surface area contributed by atoms with Crippen molar-refractivity contribution in [2.24, 2.45) is 0 Å². The Morgan fingerprint density at radius 3 is 2.88 bits per heavy atom. The van der Waals surface area contributed by atoms with Crippen LogP contribution >= 0.6 is 11.3 Å². The van der Waals surface area contributed by atoms with E-state index in [9.17, 15) is 4.39 Å². The third-order valence-electron chi connectivity index (χ3n) is 2.11. The number of halogens is 1. The van der Waals surface area contributed by atoms with E-state index in [4.69, 9.17) is 9.84 Å². The standard InChI is InChI=1S/C11H10FNO2S/c1-15-10-3-2-7(4-9(10)12)11-13-8(5-14)6-16-11/h2-4,6,14H,5H2,1H3. The zero-order valence-electron chi connectivity index (χ0n) is 8.61. The van der Waals surface area contributed by atoms with Crippen LogP contribution in [0.3, 0.4) is 0 Å². The maximum Gasteiger partial charge on any atom is 0.165 e. The maximum absolute atomic E-state index is 13.4. The fourth-order valence-electron chi connectivity index (χ4n) is 1.31. The van der Waals surface area contributed by atoms with Crippen molar-refractivity contribution in [3.05, 3.63) is 35.1 Å². The van der Waals surface area contributed by atoms with Gasteiger partial charge in [-0.3, -0.25) is 0 Å². The highest BCUT2D eigenvalue weighted by Crippen LogP contribution is 2.27. The van der Waals surface area contributed by atoms with Crippen LogP contribution in [0.1, 0.15) is 5.69 Å². The summed E-state index contributed by atoms with van der Waals surface area (Å²) in [6.07, 6.45) is 0. The lowest BCUT2D eigenvalue weighted by Crippen LogP contribution is -1.88. The number of aromatic nitrogens is 1. The maximum atomic E-state index is 13.4. The molecule has 0 radical (unpaired) electrons. The topological polar surface area (TPSA) is 42.4 Å². The molecule has 3 nitrogen and oxygen atoms in total. The minimum atomic E-state index is -0.416. The number of methoxy groups -OCH3 is 1. The first kappa shape index (κ1) is 11.0. The van der Waals surface area contributed by atoms with Crippen LogP contribution in [0.5, 0.6) is 5.75 Å². The Morgan fingerprint density at radius 2 is 2.31 bits per heavy atom. The summed E-state index contributed by atoms with van der Waals surface area (Å²) in [7, 11) is 1.42. The molecule has 0 aliphatic carbocycles. The fraction of sp³-hybridized carbons (Fsp3) is 0.182. The first-order valence-electron chi connectivity index (χ1n) is 4.63. The average molecular weight is 239 g/mol. The van der Waals surface area contributed by atoms with Gasteiger partial charge in [0.2, 0.25) is 0 Å². The summed E-state index contributed by atoms with van der Waals surface area (Å²) in [5.74, 6) is -0.205. The molecule has 1 heterocycles. The third-order valence-corrected chi connectivity index (χ3v) is 3.05. The number of benzene rings is 1. The largest absolute Gasteiger partial charge is 0.494 e. The molecule has 2 rings (SSSR count). The number of aliphatic hydroxyl groups excluding tert-OH is 1. The first-order chi connectivity index (χ1) is 7.74. The SMILES string of the molecule is COc1ccc(-c2nc(CO)cs2)cc1F. The molecule has 16 heavy (non-hydrogen) atoms. The molecule has 0 unspecified atom stereocenters. The van der Waals surface area contributed by atoms with Crippen molar-refractivity contribution < 1.29 is 14.2 Å². The van der Waals surface area contributed by atoms with E-state index in [-0.39, 0.29) is 12.4 Å². The summed E-state index contributed by atoms with van der Waals surface area (Å²) < 4.78 is 18.3. The smallest absolute Gasteiger partial charge is 0.165 e. The lowest BCUT2D eigenvalue weighted by Gasteiger charge is -2.02. The third kappa shape index (κ3) is 2.05. The van der Waals surface area contributed by atoms with E-state index < -0.39 is 5.82 Å². The summed E-state index contributed by atoms with van der Waals surface area (Å²) in [4.78, 5) is 4.16. The van der Waals surface area contributed by atoms with Crippen LogP contribution in [0.15, 0.2) is 23.6 Å². The number of rotatable bonds is 3. The van der Waals surface area contributed by atoms with Crippen molar-refractivity contribution in [3.8, 4) is 16.3 Å². The van der Waals surface area contributed by atoms with Gasteiger partial charge in [0.25, 0.3) is 0 Å². The van der Waals surface area contributed by atoms with E-state index in [0.717, 1.165) is 0 Å². The molecule has 0 aliphatic heterocycles. The fourth-order valence-corrected chi connectivity index (χ4v) is 2.12. The van der Waals surface area contributed by atoms with E-state index in [1.165, 1.54) is 24.5 Å². The summed E-state index contributed by atoms with van der Waals surface area (Å²) in [6.45, 7) is -0.102.